The minimum absolute atomic E-state index is 0. The Hall–Kier alpha value is -0.970. The highest BCUT2D eigenvalue weighted by Crippen LogP contribution is 2.16. The maximum Gasteiger partial charge on any atom is 0.246 e. The monoisotopic (exact) mass is 452 g/mol. The lowest BCUT2D eigenvalue weighted by atomic mass is 10.3. The van der Waals surface area contributed by atoms with Crippen LogP contribution in [0, 0.1) is 0 Å². The minimum atomic E-state index is 0. The van der Waals surface area contributed by atoms with Gasteiger partial charge in [0, 0.05) is 45.2 Å². The molecule has 0 bridgehead atoms. The Morgan fingerprint density at radius 2 is 2.26 bits per heavy atom. The molecule has 1 N–H and O–H groups in total. The molecule has 1 aromatic rings. The van der Waals surface area contributed by atoms with Crippen LogP contribution in [-0.4, -0.2) is 71.3 Å². The van der Waals surface area contributed by atoms with Crippen molar-refractivity contribution >= 4 is 53.3 Å². The first kappa shape index (κ1) is 20.1. The molecule has 1 aromatic heterocycles. The van der Waals surface area contributed by atoms with Gasteiger partial charge >= 0.3 is 0 Å². The van der Waals surface area contributed by atoms with E-state index in [9.17, 15) is 4.79 Å². The maximum absolute atomic E-state index is 12.4. The first-order valence-electron chi connectivity index (χ1n) is 7.32. The summed E-state index contributed by atoms with van der Waals surface area (Å²) in [5, 5.41) is 7.97. The van der Waals surface area contributed by atoms with E-state index in [4.69, 9.17) is 0 Å². The largest absolute Gasteiger partial charge is 0.355 e. The zero-order valence-electron chi connectivity index (χ0n) is 14.0. The number of rotatable bonds is 4. The van der Waals surface area contributed by atoms with Gasteiger partial charge in [0.15, 0.2) is 5.96 Å². The molecule has 1 atom stereocenters. The van der Waals surface area contributed by atoms with Gasteiger partial charge in [-0.2, -0.15) is 16.9 Å². The minimum Gasteiger partial charge on any atom is -0.355 e. The van der Waals surface area contributed by atoms with Crippen LogP contribution in [0.5, 0.6) is 0 Å². The molecule has 1 aliphatic heterocycles. The summed E-state index contributed by atoms with van der Waals surface area (Å²) in [5.74, 6) is 0.861. The van der Waals surface area contributed by atoms with Gasteiger partial charge in [-0.3, -0.25) is 14.5 Å². The van der Waals surface area contributed by atoms with E-state index in [0.29, 0.717) is 18.3 Å². The second kappa shape index (κ2) is 9.36. The van der Waals surface area contributed by atoms with Crippen molar-refractivity contribution in [3.63, 3.8) is 0 Å². The topological polar surface area (TPSA) is 65.8 Å². The van der Waals surface area contributed by atoms with E-state index in [-0.39, 0.29) is 29.9 Å². The summed E-state index contributed by atoms with van der Waals surface area (Å²) >= 11 is 1.80. The second-order valence-electron chi connectivity index (χ2n) is 5.31. The number of piperazine rings is 1. The molecule has 130 valence electrons. The zero-order valence-corrected chi connectivity index (χ0v) is 17.2. The summed E-state index contributed by atoms with van der Waals surface area (Å²) in [7, 11) is 3.60. The molecular formula is C14H25IN6OS. The molecule has 0 aromatic carbocycles. The molecule has 7 nitrogen and oxygen atoms in total. The number of nitrogens with one attached hydrogen (secondary N) is 1. The predicted octanol–water partition coefficient (Wildman–Crippen LogP) is 1.01. The number of guanidine groups is 1. The molecule has 0 saturated carbocycles. The lowest BCUT2D eigenvalue weighted by molar-refractivity contribution is -0.120. The molecule has 0 spiro atoms. The number of carbonyl (C=O) groups is 1. The average molecular weight is 452 g/mol. The van der Waals surface area contributed by atoms with Crippen molar-refractivity contribution in [2.45, 2.75) is 12.2 Å². The summed E-state index contributed by atoms with van der Waals surface area (Å²) in [6.07, 6.45) is 5.67. The number of aryl methyl sites for hydroxylation is 1. The molecule has 1 amide bonds. The molecule has 1 saturated heterocycles. The Labute approximate surface area is 158 Å². The van der Waals surface area contributed by atoms with Crippen molar-refractivity contribution in [3.8, 4) is 0 Å². The van der Waals surface area contributed by atoms with Crippen LogP contribution in [0.2, 0.25) is 0 Å². The normalized spacial score (nSPS) is 17.0. The van der Waals surface area contributed by atoms with Gasteiger partial charge in [-0.25, -0.2) is 0 Å². The summed E-state index contributed by atoms with van der Waals surface area (Å²) in [4.78, 5) is 20.5. The second-order valence-corrected chi connectivity index (χ2v) is 6.59. The fourth-order valence-corrected chi connectivity index (χ4v) is 2.58. The third-order valence-corrected chi connectivity index (χ3v) is 4.66. The summed E-state index contributed by atoms with van der Waals surface area (Å²) in [6.45, 7) is 4.74. The molecule has 1 aliphatic rings. The lowest BCUT2D eigenvalue weighted by Gasteiger charge is -2.35. The van der Waals surface area contributed by atoms with Gasteiger partial charge in [0.1, 0.15) is 6.54 Å². The van der Waals surface area contributed by atoms with Crippen molar-refractivity contribution in [1.29, 1.82) is 0 Å². The van der Waals surface area contributed by atoms with Crippen molar-refractivity contribution in [1.82, 2.24) is 20.0 Å². The SMILES string of the molecule is CN=C(NCC(C)SC)N1CCN(c2cnn(C)c2)C(=O)C1.I. The van der Waals surface area contributed by atoms with Gasteiger partial charge < -0.3 is 15.1 Å². The van der Waals surface area contributed by atoms with Crippen molar-refractivity contribution in [2.75, 3.05) is 44.4 Å². The average Bonchev–Trinajstić information content (AvgIpc) is 2.94. The van der Waals surface area contributed by atoms with Crippen LogP contribution >= 0.6 is 35.7 Å². The number of nitrogens with zero attached hydrogens (tertiary/aromatic N) is 5. The van der Waals surface area contributed by atoms with Crippen LogP contribution in [0.1, 0.15) is 6.92 Å². The van der Waals surface area contributed by atoms with Gasteiger partial charge in [-0.05, 0) is 6.26 Å². The molecule has 2 rings (SSSR count). The van der Waals surface area contributed by atoms with Gasteiger partial charge in [0.2, 0.25) is 5.91 Å². The third-order valence-electron chi connectivity index (χ3n) is 3.68. The van der Waals surface area contributed by atoms with Crippen molar-refractivity contribution in [3.05, 3.63) is 12.4 Å². The van der Waals surface area contributed by atoms with E-state index in [1.165, 1.54) is 0 Å². The van der Waals surface area contributed by atoms with Crippen molar-refractivity contribution in [2.24, 2.45) is 12.0 Å². The van der Waals surface area contributed by atoms with Gasteiger partial charge in [-0.15, -0.1) is 24.0 Å². The molecule has 0 aliphatic carbocycles. The molecule has 9 heteroatoms. The molecular weight excluding hydrogens is 427 g/mol. The Kier molecular flexibility index (Phi) is 8.17. The van der Waals surface area contributed by atoms with E-state index in [1.807, 2.05) is 18.1 Å². The van der Waals surface area contributed by atoms with Crippen molar-refractivity contribution < 1.29 is 4.79 Å². The van der Waals surface area contributed by atoms with Gasteiger partial charge in [-0.1, -0.05) is 6.92 Å². The number of anilines is 1. The number of aromatic nitrogens is 2. The number of hydrogen-bond donors (Lipinski definition) is 1. The molecule has 0 radical (unpaired) electrons. The standard InChI is InChI=1S/C14H24N6OS.HI/c1-11(22-4)7-16-14(15-2)19-5-6-20(13(21)10-19)12-8-17-18(3)9-12;/h8-9,11H,5-7,10H2,1-4H3,(H,15,16);1H. The summed E-state index contributed by atoms with van der Waals surface area (Å²) < 4.78 is 1.71. The lowest BCUT2D eigenvalue weighted by Crippen LogP contribution is -2.55. The molecule has 23 heavy (non-hydrogen) atoms. The highest BCUT2D eigenvalue weighted by atomic mass is 127. The first-order valence-corrected chi connectivity index (χ1v) is 8.61. The Bertz CT molecular complexity index is 549. The highest BCUT2D eigenvalue weighted by molar-refractivity contribution is 14.0. The van der Waals surface area contributed by atoms with Gasteiger partial charge in [0.25, 0.3) is 0 Å². The van der Waals surface area contributed by atoms with Crippen LogP contribution in [0.25, 0.3) is 0 Å². The predicted molar refractivity (Wildman–Crippen MR) is 107 cm³/mol. The van der Waals surface area contributed by atoms with E-state index in [1.54, 1.807) is 34.6 Å². The van der Waals surface area contributed by atoms with E-state index in [0.717, 1.165) is 24.7 Å². The fraction of sp³-hybridized carbons (Fsp3) is 0.643. The third kappa shape index (κ3) is 5.27. The van der Waals surface area contributed by atoms with Crippen LogP contribution in [0.4, 0.5) is 5.69 Å². The van der Waals surface area contributed by atoms with Gasteiger partial charge in [0.05, 0.1) is 11.9 Å². The summed E-state index contributed by atoms with van der Waals surface area (Å²) in [5.41, 5.74) is 0.853. The smallest absolute Gasteiger partial charge is 0.246 e. The fourth-order valence-electron chi connectivity index (χ4n) is 2.33. The van der Waals surface area contributed by atoms with E-state index < -0.39 is 0 Å². The number of hydrogen-bond acceptors (Lipinski definition) is 4. The van der Waals surface area contributed by atoms with E-state index in [2.05, 4.69) is 28.6 Å². The van der Waals surface area contributed by atoms with Crippen LogP contribution in [0.3, 0.4) is 0 Å². The Morgan fingerprint density at radius 1 is 1.52 bits per heavy atom. The first-order chi connectivity index (χ1) is 10.5. The number of thioether (sulfide) groups is 1. The number of aliphatic imine (C=N–C) groups is 1. The molecule has 1 fully saturated rings. The Balaban J connectivity index is 0.00000264. The number of halogens is 1. The molecule has 2 heterocycles. The van der Waals surface area contributed by atoms with E-state index >= 15 is 0 Å². The number of amides is 1. The Morgan fingerprint density at radius 3 is 2.78 bits per heavy atom. The quantitative estimate of drug-likeness (QED) is 0.420. The van der Waals surface area contributed by atoms with Crippen LogP contribution < -0.4 is 10.2 Å². The molecule has 1 unspecified atom stereocenters. The van der Waals surface area contributed by atoms with Crippen LogP contribution in [0.15, 0.2) is 17.4 Å². The highest BCUT2D eigenvalue weighted by Gasteiger charge is 2.27. The van der Waals surface area contributed by atoms with Crippen LogP contribution in [-0.2, 0) is 11.8 Å². The summed E-state index contributed by atoms with van der Waals surface area (Å²) in [6, 6.07) is 0. The maximum atomic E-state index is 12.4. The zero-order chi connectivity index (χ0) is 16.1. The number of carbonyl (C=O) groups excluding carboxylic acids is 1.